The Bertz CT molecular complexity index is 734. The summed E-state index contributed by atoms with van der Waals surface area (Å²) in [6.45, 7) is 6.07. The normalized spacial score (nSPS) is 11.1. The smallest absolute Gasteiger partial charge is 0.341 e. The maximum atomic E-state index is 12.2. The van der Waals surface area contributed by atoms with Crippen molar-refractivity contribution in [1.29, 1.82) is 0 Å². The number of benzene rings is 1. The molecule has 0 atom stereocenters. The molecule has 0 aliphatic heterocycles. The van der Waals surface area contributed by atoms with Gasteiger partial charge in [0.1, 0.15) is 11.4 Å². The minimum absolute atomic E-state index is 0.0843. The molecule has 6 nitrogen and oxygen atoms in total. The molecule has 0 saturated heterocycles. The summed E-state index contributed by atoms with van der Waals surface area (Å²) >= 11 is 1.47. The maximum absolute atomic E-state index is 12.2. The van der Waals surface area contributed by atoms with Gasteiger partial charge >= 0.3 is 5.97 Å². The van der Waals surface area contributed by atoms with Gasteiger partial charge < -0.3 is 15.2 Å². The fourth-order valence-electron chi connectivity index (χ4n) is 1.89. The summed E-state index contributed by atoms with van der Waals surface area (Å²) in [4.78, 5) is 27.1. The molecule has 0 radical (unpaired) electrons. The van der Waals surface area contributed by atoms with E-state index < -0.39 is 12.6 Å². The van der Waals surface area contributed by atoms with Gasteiger partial charge in [0.15, 0.2) is 6.61 Å². The van der Waals surface area contributed by atoms with E-state index in [1.54, 1.807) is 23.6 Å². The van der Waals surface area contributed by atoms with Crippen LogP contribution in [0.2, 0.25) is 0 Å². The monoisotopic (exact) mass is 348 g/mol. The van der Waals surface area contributed by atoms with E-state index >= 15 is 0 Å². The Morgan fingerprint density at radius 2 is 2.08 bits per heavy atom. The Morgan fingerprint density at radius 1 is 1.33 bits per heavy atom. The van der Waals surface area contributed by atoms with Gasteiger partial charge in [-0.1, -0.05) is 32.9 Å². The molecular formula is C17H20N2O4S. The van der Waals surface area contributed by atoms with E-state index in [-0.39, 0.29) is 11.3 Å². The number of amides is 1. The van der Waals surface area contributed by atoms with Crippen LogP contribution in [0.15, 0.2) is 29.6 Å². The number of rotatable bonds is 6. The molecule has 0 bridgehead atoms. The van der Waals surface area contributed by atoms with E-state index in [1.807, 2.05) is 6.07 Å². The first kappa shape index (κ1) is 17.9. The number of nitrogens with zero attached hydrogens (tertiary/aromatic N) is 1. The maximum Gasteiger partial charge on any atom is 0.341 e. The van der Waals surface area contributed by atoms with Gasteiger partial charge in [-0.25, -0.2) is 9.78 Å². The van der Waals surface area contributed by atoms with Crippen molar-refractivity contribution in [3.05, 3.63) is 45.9 Å². The number of hydrogen-bond donors (Lipinski definition) is 2. The van der Waals surface area contributed by atoms with Crippen molar-refractivity contribution in [2.24, 2.45) is 0 Å². The summed E-state index contributed by atoms with van der Waals surface area (Å²) < 4.78 is 5.12. The summed E-state index contributed by atoms with van der Waals surface area (Å²) in [5.74, 6) is -0.821. The zero-order valence-corrected chi connectivity index (χ0v) is 14.6. The van der Waals surface area contributed by atoms with Crippen LogP contribution in [0.1, 0.15) is 41.8 Å². The van der Waals surface area contributed by atoms with Crippen LogP contribution in [0.4, 0.5) is 0 Å². The Hall–Kier alpha value is -2.41. The number of thiazole rings is 1. The molecule has 0 aliphatic rings. The fraction of sp³-hybridized carbons (Fsp3) is 0.353. The van der Waals surface area contributed by atoms with Crippen LogP contribution in [0.25, 0.3) is 0 Å². The predicted molar refractivity (Wildman–Crippen MR) is 91.6 cm³/mol. The molecule has 1 aromatic heterocycles. The lowest BCUT2D eigenvalue weighted by Crippen LogP contribution is -2.23. The molecule has 0 unspecified atom stereocenters. The molecular weight excluding hydrogens is 328 g/mol. The molecule has 2 aromatic rings. The SMILES string of the molecule is CC(C)(C)c1nc(C(=O)NCc2cccc(OCC(=O)O)c2)cs1. The van der Waals surface area contributed by atoms with Gasteiger partial charge in [-0.05, 0) is 17.7 Å². The fourth-order valence-corrected chi connectivity index (χ4v) is 2.77. The number of carbonyl (C=O) groups is 2. The van der Waals surface area contributed by atoms with Crippen molar-refractivity contribution in [2.75, 3.05) is 6.61 Å². The van der Waals surface area contributed by atoms with E-state index in [9.17, 15) is 9.59 Å². The van der Waals surface area contributed by atoms with Gasteiger partial charge in [-0.2, -0.15) is 0 Å². The third-order valence-electron chi connectivity index (χ3n) is 3.09. The van der Waals surface area contributed by atoms with Crippen LogP contribution in [0, 0.1) is 0 Å². The lowest BCUT2D eigenvalue weighted by Gasteiger charge is -2.13. The highest BCUT2D eigenvalue weighted by atomic mass is 32.1. The third-order valence-corrected chi connectivity index (χ3v) is 4.36. The molecule has 0 fully saturated rings. The Morgan fingerprint density at radius 3 is 2.71 bits per heavy atom. The van der Waals surface area contributed by atoms with Gasteiger partial charge in [-0.15, -0.1) is 11.3 Å². The number of carboxylic acids is 1. The second kappa shape index (κ2) is 7.44. The van der Waals surface area contributed by atoms with Crippen LogP contribution < -0.4 is 10.1 Å². The van der Waals surface area contributed by atoms with Gasteiger partial charge in [0.05, 0.1) is 5.01 Å². The minimum atomic E-state index is -1.04. The van der Waals surface area contributed by atoms with Crippen molar-refractivity contribution in [3.63, 3.8) is 0 Å². The topological polar surface area (TPSA) is 88.5 Å². The molecule has 0 spiro atoms. The average Bonchev–Trinajstić information content (AvgIpc) is 3.01. The molecule has 1 amide bonds. The van der Waals surface area contributed by atoms with Crippen molar-refractivity contribution in [1.82, 2.24) is 10.3 Å². The summed E-state index contributed by atoms with van der Waals surface area (Å²) in [5, 5.41) is 14.1. The zero-order chi connectivity index (χ0) is 17.7. The number of carbonyl (C=O) groups excluding carboxylic acids is 1. The highest BCUT2D eigenvalue weighted by Crippen LogP contribution is 2.25. The van der Waals surface area contributed by atoms with Crippen LogP contribution in [-0.2, 0) is 16.8 Å². The van der Waals surface area contributed by atoms with Gasteiger partial charge in [0.2, 0.25) is 0 Å². The molecule has 1 heterocycles. The second-order valence-electron chi connectivity index (χ2n) is 6.30. The number of aliphatic carboxylic acids is 1. The highest BCUT2D eigenvalue weighted by molar-refractivity contribution is 7.10. The Kier molecular flexibility index (Phi) is 5.56. The van der Waals surface area contributed by atoms with E-state index in [0.717, 1.165) is 10.6 Å². The van der Waals surface area contributed by atoms with Crippen molar-refractivity contribution in [3.8, 4) is 5.75 Å². The predicted octanol–water partition coefficient (Wildman–Crippen LogP) is 2.83. The first-order chi connectivity index (χ1) is 11.3. The minimum Gasteiger partial charge on any atom is -0.482 e. The lowest BCUT2D eigenvalue weighted by molar-refractivity contribution is -0.139. The lowest BCUT2D eigenvalue weighted by atomic mass is 9.98. The average molecular weight is 348 g/mol. The van der Waals surface area contributed by atoms with Crippen molar-refractivity contribution < 1.29 is 19.4 Å². The molecule has 24 heavy (non-hydrogen) atoms. The van der Waals surface area contributed by atoms with Crippen molar-refractivity contribution >= 4 is 23.2 Å². The molecule has 2 rings (SSSR count). The molecule has 0 saturated carbocycles. The largest absolute Gasteiger partial charge is 0.482 e. The Balaban J connectivity index is 1.95. The summed E-state index contributed by atoms with van der Waals surface area (Å²) in [6, 6.07) is 6.95. The quantitative estimate of drug-likeness (QED) is 0.838. The molecule has 2 N–H and O–H groups in total. The zero-order valence-electron chi connectivity index (χ0n) is 13.8. The highest BCUT2D eigenvalue weighted by Gasteiger charge is 2.20. The van der Waals surface area contributed by atoms with Crippen LogP contribution >= 0.6 is 11.3 Å². The second-order valence-corrected chi connectivity index (χ2v) is 7.16. The number of aromatic nitrogens is 1. The standard InChI is InChI=1S/C17H20N2O4S/c1-17(2,3)16-19-13(10-24-16)15(22)18-8-11-5-4-6-12(7-11)23-9-14(20)21/h4-7,10H,8-9H2,1-3H3,(H,18,22)(H,20,21). The number of nitrogens with one attached hydrogen (secondary N) is 1. The number of carboxylic acid groups (broad SMARTS) is 1. The first-order valence-corrected chi connectivity index (χ1v) is 8.31. The van der Waals surface area contributed by atoms with E-state index in [4.69, 9.17) is 9.84 Å². The van der Waals surface area contributed by atoms with E-state index in [0.29, 0.717) is 18.0 Å². The van der Waals surface area contributed by atoms with Crippen LogP contribution in [0.5, 0.6) is 5.75 Å². The number of hydrogen-bond acceptors (Lipinski definition) is 5. The van der Waals surface area contributed by atoms with E-state index in [1.165, 1.54) is 11.3 Å². The van der Waals surface area contributed by atoms with E-state index in [2.05, 4.69) is 31.1 Å². The molecule has 7 heteroatoms. The summed E-state index contributed by atoms with van der Waals surface area (Å²) in [7, 11) is 0. The van der Waals surface area contributed by atoms with Gasteiger partial charge in [-0.3, -0.25) is 4.79 Å². The first-order valence-electron chi connectivity index (χ1n) is 7.43. The summed E-state index contributed by atoms with van der Waals surface area (Å²) in [6.07, 6.45) is 0. The molecule has 1 aromatic carbocycles. The third kappa shape index (κ3) is 5.06. The number of ether oxygens (including phenoxy) is 1. The van der Waals surface area contributed by atoms with Crippen molar-refractivity contribution in [2.45, 2.75) is 32.7 Å². The molecule has 128 valence electrons. The molecule has 0 aliphatic carbocycles. The van der Waals surface area contributed by atoms with Crippen LogP contribution in [-0.4, -0.2) is 28.6 Å². The Labute approximate surface area is 144 Å². The van der Waals surface area contributed by atoms with Crippen LogP contribution in [0.3, 0.4) is 0 Å². The van der Waals surface area contributed by atoms with Gasteiger partial charge in [0.25, 0.3) is 5.91 Å². The summed E-state index contributed by atoms with van der Waals surface area (Å²) in [5.41, 5.74) is 1.14. The van der Waals surface area contributed by atoms with Gasteiger partial charge in [0, 0.05) is 17.3 Å².